The third-order valence-corrected chi connectivity index (χ3v) is 3.98. The summed E-state index contributed by atoms with van der Waals surface area (Å²) in [5.41, 5.74) is 0. The van der Waals surface area contributed by atoms with Gasteiger partial charge in [0.1, 0.15) is 0 Å². The Labute approximate surface area is 148 Å². The van der Waals surface area contributed by atoms with Crippen molar-refractivity contribution in [3.63, 3.8) is 0 Å². The summed E-state index contributed by atoms with van der Waals surface area (Å²) in [4.78, 5) is 10.2. The van der Waals surface area contributed by atoms with Crippen LogP contribution in [0.2, 0.25) is 0 Å². The van der Waals surface area contributed by atoms with E-state index in [1.54, 1.807) is 0 Å². The molecule has 0 bridgehead atoms. The van der Waals surface area contributed by atoms with Gasteiger partial charge in [-0.25, -0.2) is 0 Å². The number of carbonyl (C=O) groups excluding carboxylic acids is 1. The normalized spacial score (nSPS) is 9.86. The summed E-state index contributed by atoms with van der Waals surface area (Å²) in [5.74, 6) is -0.903. The first-order valence-electron chi connectivity index (χ1n) is 8.97. The van der Waals surface area contributed by atoms with Crippen LogP contribution in [-0.2, 0) is 21.9 Å². The van der Waals surface area contributed by atoms with Gasteiger partial charge < -0.3 is 15.4 Å². The van der Waals surface area contributed by atoms with Gasteiger partial charge in [0.25, 0.3) is 0 Å². The van der Waals surface area contributed by atoms with E-state index in [4.69, 9.17) is 0 Å². The number of carboxylic acid groups (broad SMARTS) is 1. The van der Waals surface area contributed by atoms with Gasteiger partial charge in [-0.1, -0.05) is 96.8 Å². The van der Waals surface area contributed by atoms with E-state index in [2.05, 4.69) is 6.92 Å². The molecule has 22 heavy (non-hydrogen) atoms. The van der Waals surface area contributed by atoms with Crippen LogP contribution in [0.3, 0.4) is 0 Å². The molecule has 0 aliphatic carbocycles. The second kappa shape index (κ2) is 23.2. The van der Waals surface area contributed by atoms with Crippen LogP contribution < -0.4 is 5.11 Å². The van der Waals surface area contributed by atoms with Crippen LogP contribution in [0.4, 0.5) is 0 Å². The number of aliphatic carboxylic acids is 1. The zero-order valence-electron chi connectivity index (χ0n) is 14.4. The fraction of sp³-hybridized carbons (Fsp3) is 0.944. The predicted octanol–water partition coefficient (Wildman–Crippen LogP) is 4.82. The van der Waals surface area contributed by atoms with Crippen molar-refractivity contribution in [1.82, 2.24) is 0 Å². The molecule has 0 fully saturated rings. The Morgan fingerprint density at radius 1 is 0.636 bits per heavy atom. The van der Waals surface area contributed by atoms with Crippen LogP contribution >= 0.6 is 0 Å². The minimum atomic E-state index is -0.903. The van der Waals surface area contributed by atoms with Gasteiger partial charge in [-0.2, -0.15) is 0 Å². The quantitative estimate of drug-likeness (QED) is 0.294. The fourth-order valence-corrected chi connectivity index (χ4v) is 2.64. The van der Waals surface area contributed by atoms with Crippen LogP contribution in [0.1, 0.15) is 110 Å². The molecule has 3 nitrogen and oxygen atoms in total. The van der Waals surface area contributed by atoms with Crippen LogP contribution in [0.5, 0.6) is 0 Å². The van der Waals surface area contributed by atoms with Crippen LogP contribution in [0.15, 0.2) is 0 Å². The Kier molecular flexibility index (Phi) is 28.3. The summed E-state index contributed by atoms with van der Waals surface area (Å²) in [6, 6.07) is 0. The summed E-state index contributed by atoms with van der Waals surface area (Å²) in [6.07, 6.45) is 19.9. The molecule has 0 aliphatic heterocycles. The molecule has 0 heterocycles. The van der Waals surface area contributed by atoms with Crippen molar-refractivity contribution in [2.75, 3.05) is 0 Å². The molecule has 0 saturated carbocycles. The number of rotatable bonds is 16. The Bertz CT molecular complexity index is 211. The van der Waals surface area contributed by atoms with Crippen LogP contribution in [0, 0.1) is 0 Å². The topological polar surface area (TPSA) is 70.1 Å². The summed E-state index contributed by atoms with van der Waals surface area (Å²) in [7, 11) is 0. The van der Waals surface area contributed by atoms with Crippen molar-refractivity contribution in [2.24, 2.45) is 0 Å². The van der Waals surface area contributed by atoms with E-state index in [-0.39, 0.29) is 29.0 Å². The van der Waals surface area contributed by atoms with Crippen molar-refractivity contribution < 1.29 is 32.4 Å². The average Bonchev–Trinajstić information content (AvgIpc) is 2.43. The van der Waals surface area contributed by atoms with Gasteiger partial charge in [0.15, 0.2) is 0 Å². The van der Waals surface area contributed by atoms with Crippen molar-refractivity contribution in [3.05, 3.63) is 0 Å². The number of hydrogen-bond donors (Lipinski definition) is 0. The zero-order chi connectivity index (χ0) is 14.9. The summed E-state index contributed by atoms with van der Waals surface area (Å²) >= 11 is 0. The fourth-order valence-electron chi connectivity index (χ4n) is 2.64. The molecule has 0 atom stereocenters. The van der Waals surface area contributed by atoms with E-state index in [1.807, 2.05) is 0 Å². The molecule has 0 unspecified atom stereocenters. The Hall–Kier alpha value is -0.0505. The van der Waals surface area contributed by atoms with Gasteiger partial charge in [-0.3, -0.25) is 0 Å². The van der Waals surface area contributed by atoms with E-state index in [0.29, 0.717) is 0 Å². The van der Waals surface area contributed by atoms with Gasteiger partial charge in [0, 0.05) is 5.97 Å². The van der Waals surface area contributed by atoms with Crippen molar-refractivity contribution in [1.29, 1.82) is 0 Å². The molecule has 0 saturated heterocycles. The van der Waals surface area contributed by atoms with Gasteiger partial charge >= 0.3 is 17.1 Å². The summed E-state index contributed by atoms with van der Waals surface area (Å²) in [5, 5.41) is 10.2. The Balaban J connectivity index is -0.00000180. The van der Waals surface area contributed by atoms with Gasteiger partial charge in [0.05, 0.1) is 0 Å². The first-order chi connectivity index (χ1) is 9.77. The van der Waals surface area contributed by atoms with E-state index in [9.17, 15) is 9.90 Å². The molecule has 4 heteroatoms. The molecule has 0 aromatic carbocycles. The second-order valence-corrected chi connectivity index (χ2v) is 6.07. The number of carboxylic acids is 1. The first kappa shape index (κ1) is 26.8. The largest absolute Gasteiger partial charge is 2.00 e. The minimum Gasteiger partial charge on any atom is -0.870 e. The summed E-state index contributed by atoms with van der Waals surface area (Å²) < 4.78 is 0. The van der Waals surface area contributed by atoms with Gasteiger partial charge in [0.2, 0.25) is 0 Å². The smallest absolute Gasteiger partial charge is 0.870 e. The maximum Gasteiger partial charge on any atom is 2.00 e. The maximum absolute atomic E-state index is 10.2. The van der Waals surface area contributed by atoms with Crippen LogP contribution in [0.25, 0.3) is 0 Å². The molecule has 0 aliphatic rings. The molecule has 0 aromatic heterocycles. The Morgan fingerprint density at radius 3 is 1.18 bits per heavy atom. The first-order valence-corrected chi connectivity index (χ1v) is 8.97. The second-order valence-electron chi connectivity index (χ2n) is 6.07. The van der Waals surface area contributed by atoms with E-state index < -0.39 is 5.97 Å². The SMILES string of the molecule is CCCCCCCCCCCCCCCCCC(=O)[O-].[Fe+2].[OH-]. The maximum atomic E-state index is 10.2. The average molecular weight is 356 g/mol. The molecular weight excluding hydrogens is 320 g/mol. The Morgan fingerprint density at radius 2 is 0.909 bits per heavy atom. The molecule has 0 amide bonds. The van der Waals surface area contributed by atoms with Crippen molar-refractivity contribution in [2.45, 2.75) is 110 Å². The summed E-state index contributed by atoms with van der Waals surface area (Å²) in [6.45, 7) is 2.27. The minimum absolute atomic E-state index is 0. The molecule has 1 N–H and O–H groups in total. The van der Waals surface area contributed by atoms with E-state index in [1.165, 1.54) is 83.5 Å². The number of unbranched alkanes of at least 4 members (excludes halogenated alkanes) is 14. The molecule has 0 spiro atoms. The van der Waals surface area contributed by atoms with Crippen molar-refractivity contribution in [3.8, 4) is 0 Å². The third kappa shape index (κ3) is 24.9. The predicted molar refractivity (Wildman–Crippen MR) is 86.5 cm³/mol. The van der Waals surface area contributed by atoms with E-state index in [0.717, 1.165) is 12.8 Å². The molecule has 134 valence electrons. The zero-order valence-corrected chi connectivity index (χ0v) is 15.5. The van der Waals surface area contributed by atoms with Crippen molar-refractivity contribution >= 4 is 5.97 Å². The molecule has 0 radical (unpaired) electrons. The standard InChI is InChI=1S/C18H36O2.Fe.H2O/c1-2-3-4-5-6-7-8-9-10-11-12-13-14-15-16-17-18(19)20;;/h2-17H2,1H3,(H,19,20);;1H2/q;+2;/p-2. The van der Waals surface area contributed by atoms with Gasteiger partial charge in [-0.15, -0.1) is 0 Å². The molecular formula is C18H36FeO3. The number of carbonyl (C=O) groups is 1. The molecule has 0 aromatic rings. The third-order valence-electron chi connectivity index (χ3n) is 3.98. The van der Waals surface area contributed by atoms with Crippen LogP contribution in [-0.4, -0.2) is 11.4 Å². The monoisotopic (exact) mass is 356 g/mol. The van der Waals surface area contributed by atoms with E-state index >= 15 is 0 Å². The van der Waals surface area contributed by atoms with Gasteiger partial charge in [-0.05, 0) is 12.8 Å². The number of hydrogen-bond acceptors (Lipinski definition) is 3. The molecule has 0 rings (SSSR count).